The summed E-state index contributed by atoms with van der Waals surface area (Å²) in [6.07, 6.45) is 5.70. The molecule has 1 unspecified atom stereocenters. The fourth-order valence-corrected chi connectivity index (χ4v) is 3.15. The van der Waals surface area contributed by atoms with E-state index in [9.17, 15) is 9.59 Å². The monoisotopic (exact) mass is 323 g/mol. The highest BCUT2D eigenvalue weighted by Crippen LogP contribution is 2.25. The molecule has 1 saturated carbocycles. The van der Waals surface area contributed by atoms with Crippen molar-refractivity contribution in [3.63, 3.8) is 0 Å². The summed E-state index contributed by atoms with van der Waals surface area (Å²) in [4.78, 5) is 23.4. The summed E-state index contributed by atoms with van der Waals surface area (Å²) >= 11 is 6.15. The van der Waals surface area contributed by atoms with Crippen molar-refractivity contribution >= 4 is 23.5 Å². The van der Waals surface area contributed by atoms with Crippen LogP contribution in [0.5, 0.6) is 0 Å². The first-order valence-corrected chi connectivity index (χ1v) is 8.04. The fraction of sp³-hybridized carbons (Fsp3) is 0.500. The second-order valence-electron chi connectivity index (χ2n) is 5.69. The largest absolute Gasteiger partial charge is 0.353 e. The first kappa shape index (κ1) is 16.6. The van der Waals surface area contributed by atoms with Gasteiger partial charge in [0.05, 0.1) is 12.5 Å². The number of hydrogen-bond donors (Lipinski definition) is 3. The Morgan fingerprint density at radius 3 is 2.55 bits per heavy atom. The highest BCUT2D eigenvalue weighted by molar-refractivity contribution is 6.31. The molecule has 0 spiro atoms. The highest BCUT2D eigenvalue weighted by Gasteiger charge is 2.22. The van der Waals surface area contributed by atoms with Crippen molar-refractivity contribution in [3.05, 3.63) is 34.9 Å². The van der Waals surface area contributed by atoms with Crippen molar-refractivity contribution in [2.75, 3.05) is 0 Å². The fourth-order valence-electron chi connectivity index (χ4n) is 2.89. The molecule has 3 amide bonds. The summed E-state index contributed by atoms with van der Waals surface area (Å²) in [5, 5.41) is 6.14. The van der Waals surface area contributed by atoms with Gasteiger partial charge in [-0.15, -0.1) is 0 Å². The summed E-state index contributed by atoms with van der Waals surface area (Å²) in [5.41, 5.74) is 5.91. The van der Waals surface area contributed by atoms with E-state index in [0.29, 0.717) is 10.6 Å². The lowest BCUT2D eigenvalue weighted by molar-refractivity contribution is -0.122. The molecule has 1 aliphatic rings. The number of carbonyl (C=O) groups excluding carboxylic acids is 2. The Morgan fingerprint density at radius 1 is 1.23 bits per heavy atom. The van der Waals surface area contributed by atoms with Gasteiger partial charge in [0.25, 0.3) is 0 Å². The van der Waals surface area contributed by atoms with Crippen LogP contribution in [0.1, 0.15) is 50.1 Å². The van der Waals surface area contributed by atoms with Gasteiger partial charge in [0, 0.05) is 11.1 Å². The zero-order chi connectivity index (χ0) is 15.9. The Balaban J connectivity index is 2.01. The minimum atomic E-state index is -0.671. The maximum absolute atomic E-state index is 12.2. The molecular weight excluding hydrogens is 302 g/mol. The van der Waals surface area contributed by atoms with Gasteiger partial charge >= 0.3 is 6.03 Å². The van der Waals surface area contributed by atoms with Crippen LogP contribution in [0.4, 0.5) is 4.79 Å². The Morgan fingerprint density at radius 2 is 1.91 bits per heavy atom. The van der Waals surface area contributed by atoms with Crippen LogP contribution in [0.3, 0.4) is 0 Å². The first-order valence-electron chi connectivity index (χ1n) is 7.66. The second kappa shape index (κ2) is 8.03. The molecule has 1 aliphatic carbocycles. The maximum Gasteiger partial charge on any atom is 0.312 e. The van der Waals surface area contributed by atoms with Crippen LogP contribution in [-0.2, 0) is 4.79 Å². The van der Waals surface area contributed by atoms with E-state index in [1.54, 1.807) is 18.2 Å². The summed E-state index contributed by atoms with van der Waals surface area (Å²) in [5.74, 6) is -0.0921. The van der Waals surface area contributed by atoms with Gasteiger partial charge in [-0.3, -0.25) is 4.79 Å². The molecular formula is C16H22ClN3O2. The van der Waals surface area contributed by atoms with Crippen LogP contribution in [0, 0.1) is 0 Å². The molecule has 6 heteroatoms. The average Bonchev–Trinajstić information content (AvgIpc) is 2.47. The number of halogens is 1. The predicted octanol–water partition coefficient (Wildman–Crippen LogP) is 2.89. The van der Waals surface area contributed by atoms with Crippen molar-refractivity contribution < 1.29 is 9.59 Å². The number of benzene rings is 1. The van der Waals surface area contributed by atoms with E-state index in [1.165, 1.54) is 6.42 Å². The van der Waals surface area contributed by atoms with E-state index in [-0.39, 0.29) is 18.4 Å². The molecule has 22 heavy (non-hydrogen) atoms. The lowest BCUT2D eigenvalue weighted by Gasteiger charge is -2.24. The SMILES string of the molecule is NC(=O)NC(CC(=O)NC1CCCCC1)c1ccccc1Cl. The molecule has 1 atom stereocenters. The van der Waals surface area contributed by atoms with E-state index in [2.05, 4.69) is 10.6 Å². The molecule has 0 aromatic heterocycles. The van der Waals surface area contributed by atoms with Crippen LogP contribution in [0.25, 0.3) is 0 Å². The molecule has 5 nitrogen and oxygen atoms in total. The quantitative estimate of drug-likeness (QED) is 0.778. The number of rotatable bonds is 5. The molecule has 4 N–H and O–H groups in total. The Bertz CT molecular complexity index is 530. The normalized spacial score (nSPS) is 16.8. The van der Waals surface area contributed by atoms with Crippen LogP contribution in [0.15, 0.2) is 24.3 Å². The molecule has 0 aliphatic heterocycles. The topological polar surface area (TPSA) is 84.2 Å². The van der Waals surface area contributed by atoms with Gasteiger partial charge in [-0.25, -0.2) is 4.79 Å². The number of carbonyl (C=O) groups is 2. The Hall–Kier alpha value is -1.75. The van der Waals surface area contributed by atoms with Crippen LogP contribution in [-0.4, -0.2) is 18.0 Å². The third kappa shape index (κ3) is 4.91. The van der Waals surface area contributed by atoms with Gasteiger partial charge in [0.15, 0.2) is 0 Å². The van der Waals surface area contributed by atoms with Crippen molar-refractivity contribution in [1.29, 1.82) is 0 Å². The number of hydrogen-bond acceptors (Lipinski definition) is 2. The minimum Gasteiger partial charge on any atom is -0.353 e. The molecule has 0 radical (unpaired) electrons. The van der Waals surface area contributed by atoms with Crippen molar-refractivity contribution in [2.24, 2.45) is 5.73 Å². The lowest BCUT2D eigenvalue weighted by Crippen LogP contribution is -2.40. The molecule has 0 bridgehead atoms. The maximum atomic E-state index is 12.2. The molecule has 1 fully saturated rings. The third-order valence-corrected chi connectivity index (χ3v) is 4.30. The van der Waals surface area contributed by atoms with Gasteiger partial charge in [-0.05, 0) is 24.5 Å². The summed E-state index contributed by atoms with van der Waals surface area (Å²) < 4.78 is 0. The third-order valence-electron chi connectivity index (χ3n) is 3.96. The molecule has 0 saturated heterocycles. The van der Waals surface area contributed by atoms with Crippen LogP contribution < -0.4 is 16.4 Å². The molecule has 1 aromatic carbocycles. The van der Waals surface area contributed by atoms with Crippen LogP contribution in [0.2, 0.25) is 5.02 Å². The van der Waals surface area contributed by atoms with Gasteiger partial charge in [-0.2, -0.15) is 0 Å². The van der Waals surface area contributed by atoms with Crippen LogP contribution >= 0.6 is 11.6 Å². The Kier molecular flexibility index (Phi) is 6.07. The highest BCUT2D eigenvalue weighted by atomic mass is 35.5. The standard InChI is InChI=1S/C16H22ClN3O2/c17-13-9-5-4-8-12(13)14(20-16(18)22)10-15(21)19-11-6-2-1-3-7-11/h4-5,8-9,11,14H,1-3,6-7,10H2,(H,19,21)(H3,18,20,22). The summed E-state index contributed by atoms with van der Waals surface area (Å²) in [6.45, 7) is 0. The van der Waals surface area contributed by atoms with Gasteiger partial charge in [0.1, 0.15) is 0 Å². The zero-order valence-electron chi connectivity index (χ0n) is 12.5. The van der Waals surface area contributed by atoms with E-state index in [0.717, 1.165) is 25.7 Å². The van der Waals surface area contributed by atoms with Crippen molar-refractivity contribution in [3.8, 4) is 0 Å². The molecule has 120 valence electrons. The average molecular weight is 324 g/mol. The van der Waals surface area contributed by atoms with Gasteiger partial charge in [-0.1, -0.05) is 49.1 Å². The molecule has 2 rings (SSSR count). The summed E-state index contributed by atoms with van der Waals surface area (Å²) in [7, 11) is 0. The molecule has 0 heterocycles. The number of nitrogens with two attached hydrogens (primary N) is 1. The number of primary amides is 1. The van der Waals surface area contributed by atoms with E-state index in [1.807, 2.05) is 6.07 Å². The predicted molar refractivity (Wildman–Crippen MR) is 86.5 cm³/mol. The zero-order valence-corrected chi connectivity index (χ0v) is 13.2. The second-order valence-corrected chi connectivity index (χ2v) is 6.10. The summed E-state index contributed by atoms with van der Waals surface area (Å²) in [6, 6.07) is 6.18. The number of nitrogens with one attached hydrogen (secondary N) is 2. The number of urea groups is 1. The van der Waals surface area contributed by atoms with Crippen molar-refractivity contribution in [1.82, 2.24) is 10.6 Å². The first-order chi connectivity index (χ1) is 10.6. The van der Waals surface area contributed by atoms with E-state index in [4.69, 9.17) is 17.3 Å². The Labute approximate surface area is 135 Å². The number of amides is 3. The van der Waals surface area contributed by atoms with Gasteiger partial charge in [0.2, 0.25) is 5.91 Å². The smallest absolute Gasteiger partial charge is 0.312 e. The van der Waals surface area contributed by atoms with E-state index >= 15 is 0 Å². The lowest BCUT2D eigenvalue weighted by atomic mass is 9.95. The minimum absolute atomic E-state index is 0.0921. The molecule has 1 aromatic rings. The van der Waals surface area contributed by atoms with E-state index < -0.39 is 12.1 Å². The van der Waals surface area contributed by atoms with Gasteiger partial charge < -0.3 is 16.4 Å². The van der Waals surface area contributed by atoms with Crippen molar-refractivity contribution in [2.45, 2.75) is 50.6 Å².